The van der Waals surface area contributed by atoms with Gasteiger partial charge in [0.05, 0.1) is 0 Å². The molecule has 6 heteroatoms. The zero-order valence-corrected chi connectivity index (χ0v) is 11.9. The average molecular weight is 292 g/mol. The van der Waals surface area contributed by atoms with Gasteiger partial charge in [-0.25, -0.2) is 4.39 Å². The molecule has 0 unspecified atom stereocenters. The first-order valence-corrected chi connectivity index (χ1v) is 6.57. The summed E-state index contributed by atoms with van der Waals surface area (Å²) < 4.78 is 51.9. The molecule has 0 bridgehead atoms. The summed E-state index contributed by atoms with van der Waals surface area (Å²) in [4.78, 5) is 1.18. The molecular formula is C14H20F4N2. The van der Waals surface area contributed by atoms with Crippen LogP contribution in [0.15, 0.2) is 18.2 Å². The van der Waals surface area contributed by atoms with Gasteiger partial charge < -0.3 is 10.2 Å². The summed E-state index contributed by atoms with van der Waals surface area (Å²) >= 11 is 0. The van der Waals surface area contributed by atoms with Crippen molar-refractivity contribution in [2.75, 3.05) is 18.0 Å². The Bertz CT molecular complexity index is 430. The first kappa shape index (κ1) is 16.8. The SMILES string of the molecule is CCNCc1c(F)cccc1N(CC(F)(F)F)C(C)C. The lowest BCUT2D eigenvalue weighted by atomic mass is 10.1. The summed E-state index contributed by atoms with van der Waals surface area (Å²) in [6.07, 6.45) is -4.33. The third-order valence-corrected chi connectivity index (χ3v) is 2.93. The number of hydrogen-bond donors (Lipinski definition) is 1. The lowest BCUT2D eigenvalue weighted by Crippen LogP contribution is -2.40. The highest BCUT2D eigenvalue weighted by molar-refractivity contribution is 5.55. The minimum atomic E-state index is -4.33. The van der Waals surface area contributed by atoms with Crippen LogP contribution in [0.5, 0.6) is 0 Å². The van der Waals surface area contributed by atoms with Crippen molar-refractivity contribution in [2.45, 2.75) is 39.5 Å². The molecule has 0 atom stereocenters. The van der Waals surface area contributed by atoms with Crippen LogP contribution in [-0.2, 0) is 6.54 Å². The van der Waals surface area contributed by atoms with Crippen molar-refractivity contribution in [1.82, 2.24) is 5.32 Å². The molecule has 1 aromatic rings. The number of nitrogens with zero attached hydrogens (tertiary/aromatic N) is 1. The molecule has 2 nitrogen and oxygen atoms in total. The number of anilines is 1. The van der Waals surface area contributed by atoms with Crippen molar-refractivity contribution in [3.05, 3.63) is 29.6 Å². The molecule has 0 aromatic heterocycles. The van der Waals surface area contributed by atoms with Gasteiger partial charge >= 0.3 is 6.18 Å². The van der Waals surface area contributed by atoms with Crippen molar-refractivity contribution >= 4 is 5.69 Å². The van der Waals surface area contributed by atoms with E-state index in [1.54, 1.807) is 13.8 Å². The maximum absolute atomic E-state index is 13.9. The Morgan fingerprint density at radius 3 is 2.40 bits per heavy atom. The number of alkyl halides is 3. The summed E-state index contributed by atoms with van der Waals surface area (Å²) in [5.41, 5.74) is 0.561. The van der Waals surface area contributed by atoms with Gasteiger partial charge in [-0.2, -0.15) is 13.2 Å². The highest BCUT2D eigenvalue weighted by atomic mass is 19.4. The molecule has 0 saturated carbocycles. The van der Waals surface area contributed by atoms with Crippen LogP contribution in [0.25, 0.3) is 0 Å². The Morgan fingerprint density at radius 1 is 1.25 bits per heavy atom. The van der Waals surface area contributed by atoms with Crippen molar-refractivity contribution in [3.63, 3.8) is 0 Å². The fourth-order valence-corrected chi connectivity index (χ4v) is 1.98. The van der Waals surface area contributed by atoms with Crippen LogP contribution >= 0.6 is 0 Å². The van der Waals surface area contributed by atoms with E-state index in [2.05, 4.69) is 5.32 Å². The zero-order chi connectivity index (χ0) is 15.3. The first-order chi connectivity index (χ1) is 9.26. The Labute approximate surface area is 116 Å². The monoisotopic (exact) mass is 292 g/mol. The molecule has 0 aliphatic carbocycles. The lowest BCUT2D eigenvalue weighted by Gasteiger charge is -2.31. The maximum atomic E-state index is 13.9. The molecule has 0 spiro atoms. The standard InChI is InChI=1S/C14H20F4N2/c1-4-19-8-11-12(15)6-5-7-13(11)20(10(2)3)9-14(16,17)18/h5-7,10,19H,4,8-9H2,1-3H3. The minimum absolute atomic E-state index is 0.208. The molecule has 0 aliphatic heterocycles. The van der Waals surface area contributed by atoms with E-state index in [4.69, 9.17) is 0 Å². The zero-order valence-electron chi connectivity index (χ0n) is 11.9. The molecule has 0 aliphatic rings. The fraction of sp³-hybridized carbons (Fsp3) is 0.571. The summed E-state index contributed by atoms with van der Waals surface area (Å²) in [6.45, 7) is 4.92. The van der Waals surface area contributed by atoms with E-state index in [1.165, 1.54) is 23.1 Å². The molecule has 114 valence electrons. The predicted molar refractivity (Wildman–Crippen MR) is 72.3 cm³/mol. The number of rotatable bonds is 6. The van der Waals surface area contributed by atoms with Gasteiger partial charge in [0.15, 0.2) is 0 Å². The van der Waals surface area contributed by atoms with Crippen LogP contribution in [0.4, 0.5) is 23.2 Å². The van der Waals surface area contributed by atoms with Gasteiger partial charge in [0.2, 0.25) is 0 Å². The van der Waals surface area contributed by atoms with E-state index in [9.17, 15) is 17.6 Å². The second kappa shape index (κ2) is 6.92. The van der Waals surface area contributed by atoms with Crippen LogP contribution in [-0.4, -0.2) is 25.3 Å². The topological polar surface area (TPSA) is 15.3 Å². The van der Waals surface area contributed by atoms with Crippen molar-refractivity contribution in [1.29, 1.82) is 0 Å². The molecule has 0 saturated heterocycles. The molecule has 1 rings (SSSR count). The fourth-order valence-electron chi connectivity index (χ4n) is 1.98. The van der Waals surface area contributed by atoms with E-state index in [1.807, 2.05) is 6.92 Å². The second-order valence-electron chi connectivity index (χ2n) is 4.85. The minimum Gasteiger partial charge on any atom is -0.360 e. The van der Waals surface area contributed by atoms with Crippen molar-refractivity contribution < 1.29 is 17.6 Å². The van der Waals surface area contributed by atoms with Crippen molar-refractivity contribution in [3.8, 4) is 0 Å². The van der Waals surface area contributed by atoms with Gasteiger partial charge in [-0.3, -0.25) is 0 Å². The Kier molecular flexibility index (Phi) is 5.80. The van der Waals surface area contributed by atoms with Crippen LogP contribution in [0.1, 0.15) is 26.3 Å². The Balaban J connectivity index is 3.15. The number of benzene rings is 1. The number of halogens is 4. The molecule has 0 heterocycles. The predicted octanol–water partition coefficient (Wildman–Crippen LogP) is 3.71. The van der Waals surface area contributed by atoms with Gasteiger partial charge in [-0.15, -0.1) is 0 Å². The second-order valence-corrected chi connectivity index (χ2v) is 4.85. The molecule has 0 fully saturated rings. The summed E-state index contributed by atoms with van der Waals surface area (Å²) in [7, 11) is 0. The summed E-state index contributed by atoms with van der Waals surface area (Å²) in [5, 5.41) is 2.95. The van der Waals surface area contributed by atoms with Crippen LogP contribution in [0.2, 0.25) is 0 Å². The Hall–Kier alpha value is -1.30. The van der Waals surface area contributed by atoms with Crippen LogP contribution in [0.3, 0.4) is 0 Å². The third kappa shape index (κ3) is 4.67. The van der Waals surface area contributed by atoms with E-state index in [-0.39, 0.29) is 18.2 Å². The maximum Gasteiger partial charge on any atom is 0.405 e. The normalized spacial score (nSPS) is 12.0. The highest BCUT2D eigenvalue weighted by Gasteiger charge is 2.33. The molecular weight excluding hydrogens is 272 g/mol. The molecule has 0 amide bonds. The van der Waals surface area contributed by atoms with Gasteiger partial charge in [-0.1, -0.05) is 13.0 Å². The van der Waals surface area contributed by atoms with Gasteiger partial charge in [0, 0.05) is 23.8 Å². The highest BCUT2D eigenvalue weighted by Crippen LogP contribution is 2.28. The van der Waals surface area contributed by atoms with Gasteiger partial charge in [0.25, 0.3) is 0 Å². The van der Waals surface area contributed by atoms with E-state index in [0.717, 1.165) is 0 Å². The largest absolute Gasteiger partial charge is 0.405 e. The molecule has 0 radical (unpaired) electrons. The lowest BCUT2D eigenvalue weighted by molar-refractivity contribution is -0.120. The van der Waals surface area contributed by atoms with Crippen LogP contribution in [0, 0.1) is 5.82 Å². The quantitative estimate of drug-likeness (QED) is 0.804. The van der Waals surface area contributed by atoms with Gasteiger partial charge in [-0.05, 0) is 32.5 Å². The van der Waals surface area contributed by atoms with E-state index < -0.39 is 18.5 Å². The summed E-state index contributed by atoms with van der Waals surface area (Å²) in [5.74, 6) is -0.490. The first-order valence-electron chi connectivity index (χ1n) is 6.57. The van der Waals surface area contributed by atoms with E-state index >= 15 is 0 Å². The average Bonchev–Trinajstić information content (AvgIpc) is 2.33. The van der Waals surface area contributed by atoms with Gasteiger partial charge in [0.1, 0.15) is 12.4 Å². The van der Waals surface area contributed by atoms with Crippen LogP contribution < -0.4 is 10.2 Å². The number of hydrogen-bond acceptors (Lipinski definition) is 2. The number of nitrogens with one attached hydrogen (secondary N) is 1. The molecule has 20 heavy (non-hydrogen) atoms. The smallest absolute Gasteiger partial charge is 0.360 e. The molecule has 1 aromatic carbocycles. The van der Waals surface area contributed by atoms with Crippen molar-refractivity contribution in [2.24, 2.45) is 0 Å². The summed E-state index contributed by atoms with van der Waals surface area (Å²) in [6, 6.07) is 3.86. The Morgan fingerprint density at radius 2 is 1.90 bits per heavy atom. The molecule has 1 N–H and O–H groups in total. The third-order valence-electron chi connectivity index (χ3n) is 2.93. The van der Waals surface area contributed by atoms with E-state index in [0.29, 0.717) is 12.2 Å².